The third-order valence-corrected chi connectivity index (χ3v) is 9.94. The van der Waals surface area contributed by atoms with Crippen molar-refractivity contribution in [1.82, 2.24) is 9.21 Å². The van der Waals surface area contributed by atoms with Gasteiger partial charge in [-0.15, -0.1) is 11.3 Å². The zero-order valence-electron chi connectivity index (χ0n) is 19.7. The number of benzene rings is 1. The summed E-state index contributed by atoms with van der Waals surface area (Å²) in [5.74, 6) is 0. The molecule has 1 aromatic carbocycles. The van der Waals surface area contributed by atoms with E-state index in [1.54, 1.807) is 30.3 Å². The second-order valence-electron chi connectivity index (χ2n) is 9.38. The predicted molar refractivity (Wildman–Crippen MR) is 132 cm³/mol. The Morgan fingerprint density at radius 1 is 1.12 bits per heavy atom. The minimum absolute atomic E-state index is 0.0219. The van der Waals surface area contributed by atoms with E-state index in [4.69, 9.17) is 4.74 Å². The van der Waals surface area contributed by atoms with Gasteiger partial charge in [0.25, 0.3) is 10.0 Å². The summed E-state index contributed by atoms with van der Waals surface area (Å²) >= 11 is 1.27. The Kier molecular flexibility index (Phi) is 7.47. The number of sulfonamides is 1. The van der Waals surface area contributed by atoms with E-state index in [9.17, 15) is 13.5 Å². The molecule has 7 nitrogen and oxygen atoms in total. The van der Waals surface area contributed by atoms with Crippen LogP contribution in [0.4, 0.5) is 5.69 Å². The van der Waals surface area contributed by atoms with Crippen molar-refractivity contribution in [3.05, 3.63) is 47.3 Å². The average molecular weight is 494 g/mol. The summed E-state index contributed by atoms with van der Waals surface area (Å²) in [6.07, 6.45) is 1.00. The fourth-order valence-corrected chi connectivity index (χ4v) is 7.33. The fourth-order valence-electron chi connectivity index (χ4n) is 4.72. The van der Waals surface area contributed by atoms with E-state index < -0.39 is 15.6 Å². The molecule has 1 unspecified atom stereocenters. The third-order valence-electron chi connectivity index (χ3n) is 6.71. The second-order valence-corrected chi connectivity index (χ2v) is 12.5. The van der Waals surface area contributed by atoms with E-state index in [-0.39, 0.29) is 6.04 Å². The Balaban J connectivity index is 1.60. The van der Waals surface area contributed by atoms with Crippen LogP contribution in [0.15, 0.2) is 46.0 Å². The molecule has 2 saturated heterocycles. The molecule has 0 radical (unpaired) electrons. The molecule has 0 amide bonds. The molecule has 2 aromatic rings. The lowest BCUT2D eigenvalue weighted by molar-refractivity contribution is -0.0126. The zero-order chi connectivity index (χ0) is 23.6. The van der Waals surface area contributed by atoms with Gasteiger partial charge in [-0.3, -0.25) is 4.90 Å². The van der Waals surface area contributed by atoms with E-state index in [2.05, 4.69) is 16.7 Å². The Hall–Kier alpha value is -1.49. The Morgan fingerprint density at radius 2 is 1.88 bits per heavy atom. The van der Waals surface area contributed by atoms with Crippen LogP contribution in [0, 0.1) is 0 Å². The van der Waals surface area contributed by atoms with Gasteiger partial charge in [-0.05, 0) is 49.4 Å². The molecule has 33 heavy (non-hydrogen) atoms. The van der Waals surface area contributed by atoms with Gasteiger partial charge in [-0.2, -0.15) is 4.31 Å². The number of aliphatic hydroxyl groups is 1. The van der Waals surface area contributed by atoms with Crippen molar-refractivity contribution >= 4 is 27.0 Å². The number of rotatable bonds is 7. The first kappa shape index (κ1) is 24.6. The summed E-state index contributed by atoms with van der Waals surface area (Å²) in [6.45, 7) is 10.3. The highest BCUT2D eigenvalue weighted by atomic mass is 32.2. The maximum absolute atomic E-state index is 13.3. The number of hydrogen-bond donors (Lipinski definition) is 1. The van der Waals surface area contributed by atoms with Crippen molar-refractivity contribution in [2.24, 2.45) is 0 Å². The Bertz CT molecular complexity index is 1000. The smallest absolute Gasteiger partial charge is 0.252 e. The third kappa shape index (κ3) is 5.44. The summed E-state index contributed by atoms with van der Waals surface area (Å²) in [7, 11) is -3.49. The van der Waals surface area contributed by atoms with Crippen LogP contribution in [0.3, 0.4) is 0 Å². The summed E-state index contributed by atoms with van der Waals surface area (Å²) in [4.78, 5) is 4.78. The first-order chi connectivity index (χ1) is 15.7. The normalized spacial score (nSPS) is 23.7. The van der Waals surface area contributed by atoms with Gasteiger partial charge in [0.05, 0.1) is 24.9 Å². The summed E-state index contributed by atoms with van der Waals surface area (Å²) in [5, 5.41) is 12.1. The average Bonchev–Trinajstić information content (AvgIpc) is 3.35. The lowest BCUT2D eigenvalue weighted by Gasteiger charge is -2.46. The van der Waals surface area contributed by atoms with Gasteiger partial charge in [-0.25, -0.2) is 8.42 Å². The predicted octanol–water partition coefficient (Wildman–Crippen LogP) is 2.97. The highest BCUT2D eigenvalue weighted by Crippen LogP contribution is 2.29. The Morgan fingerprint density at radius 3 is 2.52 bits per heavy atom. The molecule has 2 aliphatic rings. The molecular weight excluding hydrogens is 458 g/mol. The van der Waals surface area contributed by atoms with Gasteiger partial charge in [0.15, 0.2) is 0 Å². The monoisotopic (exact) mass is 493 g/mol. The molecule has 0 aliphatic carbocycles. The van der Waals surface area contributed by atoms with Crippen molar-refractivity contribution < 1.29 is 18.3 Å². The maximum Gasteiger partial charge on any atom is 0.252 e. The van der Waals surface area contributed by atoms with Crippen LogP contribution in [0.5, 0.6) is 0 Å². The van der Waals surface area contributed by atoms with E-state index in [0.29, 0.717) is 36.5 Å². The molecule has 4 rings (SSSR count). The molecule has 1 N–H and O–H groups in total. The molecule has 2 fully saturated rings. The minimum Gasteiger partial charge on any atom is -0.386 e. The van der Waals surface area contributed by atoms with Crippen LogP contribution in [-0.4, -0.2) is 80.8 Å². The first-order valence-electron chi connectivity index (χ1n) is 11.6. The van der Waals surface area contributed by atoms with Crippen LogP contribution < -0.4 is 4.90 Å². The largest absolute Gasteiger partial charge is 0.386 e. The highest BCUT2D eigenvalue weighted by molar-refractivity contribution is 7.91. The Labute approximate surface area is 201 Å². The molecule has 1 aromatic heterocycles. The highest BCUT2D eigenvalue weighted by Gasteiger charge is 2.37. The van der Waals surface area contributed by atoms with E-state index >= 15 is 0 Å². The van der Waals surface area contributed by atoms with Crippen molar-refractivity contribution in [2.45, 2.75) is 49.1 Å². The lowest BCUT2D eigenvalue weighted by Crippen LogP contribution is -2.60. The van der Waals surface area contributed by atoms with Crippen LogP contribution in [0.2, 0.25) is 0 Å². The van der Waals surface area contributed by atoms with Gasteiger partial charge in [0.2, 0.25) is 0 Å². The quantitative estimate of drug-likeness (QED) is 0.639. The molecular formula is C24H35N3O4S2. The standard InChI is InChI=1S/C24H35N3O4S2/c1-4-20-18-31-14-13-25(20)16-22-17-26(33(29,30)23-6-5-15-32-23)11-12-27(22)21-9-7-19(8-10-21)24(2,3)28/h5-10,15,20,22,28H,4,11-14,16-18H2,1-3H3/t20?,22-/m0/s1. The zero-order valence-corrected chi connectivity index (χ0v) is 21.3. The van der Waals surface area contributed by atoms with E-state index in [1.165, 1.54) is 11.3 Å². The number of morpholine rings is 1. The van der Waals surface area contributed by atoms with Gasteiger partial charge in [-0.1, -0.05) is 25.1 Å². The van der Waals surface area contributed by atoms with Gasteiger partial charge < -0.3 is 14.7 Å². The van der Waals surface area contributed by atoms with Crippen LogP contribution >= 0.6 is 11.3 Å². The summed E-state index contributed by atoms with van der Waals surface area (Å²) in [6, 6.07) is 11.9. The number of anilines is 1. The number of piperazine rings is 1. The summed E-state index contributed by atoms with van der Waals surface area (Å²) < 4.78 is 34.3. The SMILES string of the molecule is CCC1COCCN1C[C@H]1CN(S(=O)(=O)c2cccs2)CCN1c1ccc(C(C)(C)O)cc1. The van der Waals surface area contributed by atoms with Gasteiger partial charge >= 0.3 is 0 Å². The van der Waals surface area contributed by atoms with Crippen molar-refractivity contribution in [1.29, 1.82) is 0 Å². The molecule has 2 aliphatic heterocycles. The van der Waals surface area contributed by atoms with E-state index in [1.807, 2.05) is 29.6 Å². The van der Waals surface area contributed by atoms with Crippen molar-refractivity contribution in [2.75, 3.05) is 50.8 Å². The van der Waals surface area contributed by atoms with E-state index in [0.717, 1.165) is 37.4 Å². The lowest BCUT2D eigenvalue weighted by atomic mass is 9.98. The molecule has 0 saturated carbocycles. The van der Waals surface area contributed by atoms with Crippen molar-refractivity contribution in [3.8, 4) is 0 Å². The number of thiophene rings is 1. The minimum atomic E-state index is -3.49. The van der Waals surface area contributed by atoms with Gasteiger partial charge in [0, 0.05) is 44.5 Å². The molecule has 3 heterocycles. The number of nitrogens with zero attached hydrogens (tertiary/aromatic N) is 3. The number of ether oxygens (including phenoxy) is 1. The summed E-state index contributed by atoms with van der Waals surface area (Å²) in [5.41, 5.74) is 1.02. The fraction of sp³-hybridized carbons (Fsp3) is 0.583. The first-order valence-corrected chi connectivity index (χ1v) is 14.0. The van der Waals surface area contributed by atoms with Crippen LogP contribution in [0.1, 0.15) is 32.8 Å². The second kappa shape index (κ2) is 10.0. The number of hydrogen-bond acceptors (Lipinski definition) is 7. The molecule has 0 spiro atoms. The molecule has 182 valence electrons. The van der Waals surface area contributed by atoms with Crippen molar-refractivity contribution in [3.63, 3.8) is 0 Å². The molecule has 2 atom stereocenters. The molecule has 9 heteroatoms. The van der Waals surface area contributed by atoms with Gasteiger partial charge in [0.1, 0.15) is 4.21 Å². The van der Waals surface area contributed by atoms with Crippen LogP contribution in [0.25, 0.3) is 0 Å². The molecule has 0 bridgehead atoms. The topological polar surface area (TPSA) is 73.3 Å². The maximum atomic E-state index is 13.3. The van der Waals surface area contributed by atoms with Crippen LogP contribution in [-0.2, 0) is 20.4 Å².